The van der Waals surface area contributed by atoms with Gasteiger partial charge in [-0.15, -0.1) is 0 Å². The second kappa shape index (κ2) is 7.33. The quantitative estimate of drug-likeness (QED) is 0.830. The number of hydrogen-bond acceptors (Lipinski definition) is 3. The van der Waals surface area contributed by atoms with Crippen LogP contribution >= 0.6 is 0 Å². The minimum absolute atomic E-state index is 0.0872. The molecule has 1 saturated heterocycles. The highest BCUT2D eigenvalue weighted by Gasteiger charge is 2.34. The molecule has 1 aromatic carbocycles. The third-order valence-corrected chi connectivity index (χ3v) is 3.99. The Morgan fingerprint density at radius 2 is 1.73 bits per heavy atom. The minimum Gasteiger partial charge on any atom is -0.492 e. The van der Waals surface area contributed by atoms with Crippen molar-refractivity contribution in [3.63, 3.8) is 0 Å². The number of rotatable bonds is 5. The van der Waals surface area contributed by atoms with Gasteiger partial charge in [-0.05, 0) is 26.0 Å². The first-order valence-corrected chi connectivity index (χ1v) is 7.63. The van der Waals surface area contributed by atoms with Crippen molar-refractivity contribution in [3.05, 3.63) is 29.8 Å². The molecule has 0 aliphatic carbocycles. The van der Waals surface area contributed by atoms with Gasteiger partial charge in [-0.2, -0.15) is 13.2 Å². The fourth-order valence-corrected chi connectivity index (χ4v) is 2.61. The molecule has 0 spiro atoms. The Morgan fingerprint density at radius 1 is 1.09 bits per heavy atom. The molecule has 0 N–H and O–H groups in total. The van der Waals surface area contributed by atoms with Crippen molar-refractivity contribution >= 4 is 0 Å². The lowest BCUT2D eigenvalue weighted by Crippen LogP contribution is -2.49. The maximum Gasteiger partial charge on any atom is 0.419 e. The molecule has 1 aromatic rings. The van der Waals surface area contributed by atoms with Crippen LogP contribution in [0.1, 0.15) is 19.4 Å². The van der Waals surface area contributed by atoms with Crippen LogP contribution in [0.4, 0.5) is 13.2 Å². The summed E-state index contributed by atoms with van der Waals surface area (Å²) in [4.78, 5) is 4.63. The summed E-state index contributed by atoms with van der Waals surface area (Å²) in [6.45, 7) is 9.13. The van der Waals surface area contributed by atoms with Gasteiger partial charge in [-0.25, -0.2) is 0 Å². The number of halogens is 3. The number of benzene rings is 1. The number of hydrogen-bond donors (Lipinski definition) is 0. The molecule has 0 radical (unpaired) electrons. The summed E-state index contributed by atoms with van der Waals surface area (Å²) in [5.41, 5.74) is -0.709. The van der Waals surface area contributed by atoms with E-state index in [2.05, 4.69) is 23.6 Å². The average molecular weight is 316 g/mol. The molecule has 0 saturated carbocycles. The van der Waals surface area contributed by atoms with Crippen LogP contribution in [0.25, 0.3) is 0 Å². The zero-order valence-electron chi connectivity index (χ0n) is 13.1. The number of alkyl halides is 3. The molecule has 2 rings (SSSR count). The van der Waals surface area contributed by atoms with Crippen LogP contribution < -0.4 is 4.74 Å². The van der Waals surface area contributed by atoms with Crippen molar-refractivity contribution in [1.82, 2.24) is 9.80 Å². The first-order chi connectivity index (χ1) is 10.4. The second-order valence-corrected chi connectivity index (χ2v) is 5.81. The Balaban J connectivity index is 1.81. The van der Waals surface area contributed by atoms with Crippen molar-refractivity contribution < 1.29 is 17.9 Å². The van der Waals surface area contributed by atoms with Gasteiger partial charge in [0.05, 0.1) is 5.56 Å². The molecule has 1 aliphatic rings. The molecule has 124 valence electrons. The standard InChI is InChI=1S/C16H23F3N2O/c1-13(2)21-9-7-20(8-10-21)11-12-22-15-6-4-3-5-14(15)16(17,18)19/h3-6,13H,7-12H2,1-2H3. The summed E-state index contributed by atoms with van der Waals surface area (Å²) in [5, 5.41) is 0. The molecule has 3 nitrogen and oxygen atoms in total. The van der Waals surface area contributed by atoms with E-state index < -0.39 is 11.7 Å². The van der Waals surface area contributed by atoms with Gasteiger partial charge in [0.25, 0.3) is 0 Å². The van der Waals surface area contributed by atoms with E-state index in [1.165, 1.54) is 12.1 Å². The van der Waals surface area contributed by atoms with Crippen LogP contribution in [0.3, 0.4) is 0 Å². The molecule has 1 heterocycles. The Hall–Kier alpha value is -1.27. The smallest absolute Gasteiger partial charge is 0.419 e. The molecule has 0 unspecified atom stereocenters. The summed E-state index contributed by atoms with van der Waals surface area (Å²) < 4.78 is 43.9. The first-order valence-electron chi connectivity index (χ1n) is 7.63. The molecule has 1 aliphatic heterocycles. The fraction of sp³-hybridized carbons (Fsp3) is 0.625. The summed E-state index contributed by atoms with van der Waals surface area (Å²) in [7, 11) is 0. The molecule has 0 amide bonds. The van der Waals surface area contributed by atoms with E-state index >= 15 is 0 Å². The minimum atomic E-state index is -4.38. The lowest BCUT2D eigenvalue weighted by Gasteiger charge is -2.36. The van der Waals surface area contributed by atoms with E-state index in [0.717, 1.165) is 32.2 Å². The van der Waals surface area contributed by atoms with Gasteiger partial charge in [0.15, 0.2) is 0 Å². The number of para-hydroxylation sites is 1. The van der Waals surface area contributed by atoms with E-state index in [0.29, 0.717) is 12.6 Å². The average Bonchev–Trinajstić information content (AvgIpc) is 2.47. The summed E-state index contributed by atoms with van der Waals surface area (Å²) in [6.07, 6.45) is -4.38. The predicted octanol–water partition coefficient (Wildman–Crippen LogP) is 3.11. The maximum atomic E-state index is 12.9. The fourth-order valence-electron chi connectivity index (χ4n) is 2.61. The van der Waals surface area contributed by atoms with Gasteiger partial charge in [0.2, 0.25) is 0 Å². The third-order valence-electron chi connectivity index (χ3n) is 3.99. The Kier molecular flexibility index (Phi) is 5.69. The van der Waals surface area contributed by atoms with Crippen molar-refractivity contribution in [2.24, 2.45) is 0 Å². The van der Waals surface area contributed by atoms with Crippen LogP contribution in [0.15, 0.2) is 24.3 Å². The lowest BCUT2D eigenvalue weighted by molar-refractivity contribution is -0.139. The van der Waals surface area contributed by atoms with Gasteiger partial charge in [-0.3, -0.25) is 9.80 Å². The molecular weight excluding hydrogens is 293 g/mol. The monoisotopic (exact) mass is 316 g/mol. The highest BCUT2D eigenvalue weighted by molar-refractivity contribution is 5.35. The molecule has 22 heavy (non-hydrogen) atoms. The van der Waals surface area contributed by atoms with Crippen molar-refractivity contribution in [3.8, 4) is 5.75 Å². The highest BCUT2D eigenvalue weighted by atomic mass is 19.4. The SMILES string of the molecule is CC(C)N1CCN(CCOc2ccccc2C(F)(F)F)CC1. The van der Waals surface area contributed by atoms with Gasteiger partial charge < -0.3 is 4.74 Å². The van der Waals surface area contributed by atoms with E-state index in [-0.39, 0.29) is 12.4 Å². The normalized spacial score (nSPS) is 17.9. The van der Waals surface area contributed by atoms with Crippen LogP contribution in [0.2, 0.25) is 0 Å². The van der Waals surface area contributed by atoms with Crippen LogP contribution in [0.5, 0.6) is 5.75 Å². The summed E-state index contributed by atoms with van der Waals surface area (Å²) >= 11 is 0. The first kappa shape index (κ1) is 17.1. The number of piperazine rings is 1. The summed E-state index contributed by atoms with van der Waals surface area (Å²) in [5.74, 6) is -0.0872. The van der Waals surface area contributed by atoms with Crippen molar-refractivity contribution in [2.75, 3.05) is 39.3 Å². The van der Waals surface area contributed by atoms with E-state index in [1.54, 1.807) is 6.07 Å². The lowest BCUT2D eigenvalue weighted by atomic mass is 10.2. The molecular formula is C16H23F3N2O. The highest BCUT2D eigenvalue weighted by Crippen LogP contribution is 2.35. The Morgan fingerprint density at radius 3 is 2.32 bits per heavy atom. The molecule has 0 aromatic heterocycles. The van der Waals surface area contributed by atoms with Crippen LogP contribution in [0, 0.1) is 0 Å². The zero-order valence-corrected chi connectivity index (χ0v) is 13.1. The second-order valence-electron chi connectivity index (χ2n) is 5.81. The molecule has 6 heteroatoms. The number of nitrogens with zero attached hydrogens (tertiary/aromatic N) is 2. The van der Waals surface area contributed by atoms with Gasteiger partial charge in [-0.1, -0.05) is 12.1 Å². The van der Waals surface area contributed by atoms with Gasteiger partial charge >= 0.3 is 6.18 Å². The van der Waals surface area contributed by atoms with E-state index in [1.807, 2.05) is 0 Å². The Bertz CT molecular complexity index is 469. The van der Waals surface area contributed by atoms with Crippen molar-refractivity contribution in [1.29, 1.82) is 0 Å². The van der Waals surface area contributed by atoms with E-state index in [9.17, 15) is 13.2 Å². The van der Waals surface area contributed by atoms with Crippen LogP contribution in [-0.2, 0) is 6.18 Å². The number of ether oxygens (including phenoxy) is 1. The molecule has 1 fully saturated rings. The predicted molar refractivity (Wildman–Crippen MR) is 80.1 cm³/mol. The maximum absolute atomic E-state index is 12.9. The van der Waals surface area contributed by atoms with Crippen LogP contribution in [-0.4, -0.2) is 55.2 Å². The van der Waals surface area contributed by atoms with Gasteiger partial charge in [0.1, 0.15) is 12.4 Å². The zero-order chi connectivity index (χ0) is 16.2. The largest absolute Gasteiger partial charge is 0.492 e. The molecule has 0 atom stereocenters. The third kappa shape index (κ3) is 4.61. The Labute approximate surface area is 129 Å². The molecule has 0 bridgehead atoms. The van der Waals surface area contributed by atoms with Crippen molar-refractivity contribution in [2.45, 2.75) is 26.1 Å². The van der Waals surface area contributed by atoms with Gasteiger partial charge in [0, 0.05) is 38.8 Å². The topological polar surface area (TPSA) is 15.7 Å². The summed E-state index contributed by atoms with van der Waals surface area (Å²) in [6, 6.07) is 5.90. The van der Waals surface area contributed by atoms with E-state index in [4.69, 9.17) is 4.74 Å².